The van der Waals surface area contributed by atoms with Gasteiger partial charge in [-0.2, -0.15) is 0 Å². The molecule has 0 aliphatic heterocycles. The van der Waals surface area contributed by atoms with Crippen LogP contribution in [0.1, 0.15) is 11.3 Å². The van der Waals surface area contributed by atoms with Gasteiger partial charge < -0.3 is 0 Å². The fourth-order valence-corrected chi connectivity index (χ4v) is 1.17. The summed E-state index contributed by atoms with van der Waals surface area (Å²) in [5.41, 5.74) is 2.16. The maximum absolute atomic E-state index is 5.87. The number of hydrogen-bond acceptors (Lipinski definition) is 1. The van der Waals surface area contributed by atoms with E-state index in [0.717, 1.165) is 17.7 Å². The van der Waals surface area contributed by atoms with Crippen molar-refractivity contribution in [1.82, 2.24) is 4.98 Å². The van der Waals surface area contributed by atoms with Gasteiger partial charge in [0.1, 0.15) is 0 Å². The Kier molecular flexibility index (Phi) is 3.83. The van der Waals surface area contributed by atoms with Crippen LogP contribution in [0.3, 0.4) is 0 Å². The second-order valence-electron chi connectivity index (χ2n) is 2.78. The molecule has 0 bridgehead atoms. The lowest BCUT2D eigenvalue weighted by molar-refractivity contribution is 0.894. The van der Waals surface area contributed by atoms with Crippen molar-refractivity contribution < 1.29 is 0 Å². The third-order valence-corrected chi connectivity index (χ3v) is 2.41. The van der Waals surface area contributed by atoms with Gasteiger partial charge in [-0.1, -0.05) is 6.07 Å². The minimum atomic E-state index is -0.0122. The topological polar surface area (TPSA) is 12.9 Å². The highest BCUT2D eigenvalue weighted by atomic mass is 35.5. The second kappa shape index (κ2) is 4.68. The van der Waals surface area contributed by atoms with E-state index in [4.69, 9.17) is 23.2 Å². The number of alkyl halides is 2. The number of halogens is 2. The smallest absolute Gasteiger partial charge is 0.0526 e. The Labute approximate surface area is 82.7 Å². The summed E-state index contributed by atoms with van der Waals surface area (Å²) in [7, 11) is 0. The molecule has 0 aliphatic rings. The van der Waals surface area contributed by atoms with E-state index < -0.39 is 0 Å². The van der Waals surface area contributed by atoms with Crippen molar-refractivity contribution in [3.8, 4) is 0 Å². The quantitative estimate of drug-likeness (QED) is 0.690. The van der Waals surface area contributed by atoms with Crippen LogP contribution in [0.25, 0.3) is 0 Å². The molecule has 0 fully saturated rings. The zero-order valence-electron chi connectivity index (χ0n) is 6.93. The lowest BCUT2D eigenvalue weighted by Gasteiger charge is -2.03. The van der Waals surface area contributed by atoms with Gasteiger partial charge in [0, 0.05) is 24.2 Å². The Morgan fingerprint density at radius 2 is 2.25 bits per heavy atom. The van der Waals surface area contributed by atoms with E-state index in [1.807, 2.05) is 25.3 Å². The van der Waals surface area contributed by atoms with Crippen molar-refractivity contribution in [3.05, 3.63) is 29.6 Å². The SMILES string of the molecule is Cc1ccc(CC(Cl)CCl)nc1. The van der Waals surface area contributed by atoms with Crippen molar-refractivity contribution in [2.45, 2.75) is 18.7 Å². The number of aromatic nitrogens is 1. The molecule has 0 spiro atoms. The molecule has 0 aromatic carbocycles. The largest absolute Gasteiger partial charge is 0.261 e. The summed E-state index contributed by atoms with van der Waals surface area (Å²) in [4.78, 5) is 4.22. The molecule has 1 atom stereocenters. The molecule has 0 saturated carbocycles. The van der Waals surface area contributed by atoms with Crippen LogP contribution in [0.4, 0.5) is 0 Å². The van der Waals surface area contributed by atoms with Gasteiger partial charge in [0.05, 0.1) is 5.38 Å². The summed E-state index contributed by atoms with van der Waals surface area (Å²) in [5.74, 6) is 0.469. The van der Waals surface area contributed by atoms with E-state index in [2.05, 4.69) is 4.98 Å². The van der Waals surface area contributed by atoms with Crippen LogP contribution < -0.4 is 0 Å². The highest BCUT2D eigenvalue weighted by Gasteiger charge is 2.04. The van der Waals surface area contributed by atoms with Gasteiger partial charge in [-0.3, -0.25) is 4.98 Å². The predicted octanol–water partition coefficient (Wildman–Crippen LogP) is 2.78. The molecular formula is C9H11Cl2N. The van der Waals surface area contributed by atoms with E-state index in [-0.39, 0.29) is 5.38 Å². The third-order valence-electron chi connectivity index (χ3n) is 1.57. The predicted molar refractivity (Wildman–Crippen MR) is 53.0 cm³/mol. The number of nitrogens with zero attached hydrogens (tertiary/aromatic N) is 1. The van der Waals surface area contributed by atoms with Crippen molar-refractivity contribution in [2.24, 2.45) is 0 Å². The summed E-state index contributed by atoms with van der Waals surface area (Å²) in [5, 5.41) is -0.0122. The molecule has 0 amide bonds. The normalized spacial score (nSPS) is 12.9. The molecule has 1 rings (SSSR count). The molecule has 0 N–H and O–H groups in total. The summed E-state index contributed by atoms with van der Waals surface area (Å²) in [6.07, 6.45) is 2.58. The Hall–Kier alpha value is -0.270. The van der Waals surface area contributed by atoms with Gasteiger partial charge in [0.25, 0.3) is 0 Å². The van der Waals surface area contributed by atoms with Gasteiger partial charge in [-0.25, -0.2) is 0 Å². The minimum absolute atomic E-state index is 0.0122. The Balaban J connectivity index is 2.58. The van der Waals surface area contributed by atoms with Crippen molar-refractivity contribution in [2.75, 3.05) is 5.88 Å². The van der Waals surface area contributed by atoms with Crippen LogP contribution in [0, 0.1) is 6.92 Å². The molecule has 0 aliphatic carbocycles. The fourth-order valence-electron chi connectivity index (χ4n) is 0.901. The molecule has 12 heavy (non-hydrogen) atoms. The van der Waals surface area contributed by atoms with Gasteiger partial charge in [-0.05, 0) is 18.6 Å². The molecule has 3 heteroatoms. The average Bonchev–Trinajstić information content (AvgIpc) is 2.09. The van der Waals surface area contributed by atoms with E-state index in [1.165, 1.54) is 0 Å². The molecule has 1 heterocycles. The van der Waals surface area contributed by atoms with Crippen LogP contribution in [-0.2, 0) is 6.42 Å². The molecule has 66 valence electrons. The summed E-state index contributed by atoms with van der Waals surface area (Å²) >= 11 is 11.4. The van der Waals surface area contributed by atoms with Crippen LogP contribution in [0.15, 0.2) is 18.3 Å². The first-order valence-electron chi connectivity index (χ1n) is 3.84. The monoisotopic (exact) mass is 203 g/mol. The number of hydrogen-bond donors (Lipinski definition) is 0. The van der Waals surface area contributed by atoms with Crippen LogP contribution in [0.5, 0.6) is 0 Å². The third kappa shape index (κ3) is 3.00. The first-order valence-corrected chi connectivity index (χ1v) is 4.81. The number of rotatable bonds is 3. The molecule has 1 aromatic heterocycles. The fraction of sp³-hybridized carbons (Fsp3) is 0.444. The Morgan fingerprint density at radius 3 is 2.75 bits per heavy atom. The number of aryl methyl sites for hydroxylation is 1. The Morgan fingerprint density at radius 1 is 1.50 bits per heavy atom. The summed E-state index contributed by atoms with van der Waals surface area (Å²) in [6.45, 7) is 2.01. The van der Waals surface area contributed by atoms with Crippen molar-refractivity contribution in [3.63, 3.8) is 0 Å². The highest BCUT2D eigenvalue weighted by molar-refractivity contribution is 6.28. The van der Waals surface area contributed by atoms with Crippen molar-refractivity contribution in [1.29, 1.82) is 0 Å². The van der Waals surface area contributed by atoms with Gasteiger partial charge in [0.2, 0.25) is 0 Å². The van der Waals surface area contributed by atoms with E-state index in [9.17, 15) is 0 Å². The zero-order valence-corrected chi connectivity index (χ0v) is 8.44. The van der Waals surface area contributed by atoms with E-state index in [0.29, 0.717) is 5.88 Å². The van der Waals surface area contributed by atoms with Crippen LogP contribution in [-0.4, -0.2) is 16.2 Å². The molecule has 0 radical (unpaired) electrons. The zero-order chi connectivity index (χ0) is 8.97. The molecular weight excluding hydrogens is 193 g/mol. The summed E-state index contributed by atoms with van der Waals surface area (Å²) in [6, 6.07) is 4.01. The molecule has 1 aromatic rings. The lowest BCUT2D eigenvalue weighted by Crippen LogP contribution is -2.05. The maximum Gasteiger partial charge on any atom is 0.0526 e. The number of pyridine rings is 1. The Bertz CT molecular complexity index is 233. The second-order valence-corrected chi connectivity index (χ2v) is 3.71. The highest BCUT2D eigenvalue weighted by Crippen LogP contribution is 2.07. The van der Waals surface area contributed by atoms with Crippen LogP contribution in [0.2, 0.25) is 0 Å². The van der Waals surface area contributed by atoms with Gasteiger partial charge in [0.15, 0.2) is 0 Å². The maximum atomic E-state index is 5.87. The molecule has 0 saturated heterocycles. The standard InChI is InChI=1S/C9H11Cl2N/c1-7-2-3-9(12-6-7)4-8(11)5-10/h2-3,6,8H,4-5H2,1H3. The van der Waals surface area contributed by atoms with Gasteiger partial charge in [-0.15, -0.1) is 23.2 Å². The van der Waals surface area contributed by atoms with Gasteiger partial charge >= 0.3 is 0 Å². The van der Waals surface area contributed by atoms with Crippen LogP contribution >= 0.6 is 23.2 Å². The molecule has 1 nitrogen and oxygen atoms in total. The van der Waals surface area contributed by atoms with Crippen molar-refractivity contribution >= 4 is 23.2 Å². The van der Waals surface area contributed by atoms with E-state index >= 15 is 0 Å². The lowest BCUT2D eigenvalue weighted by atomic mass is 10.2. The minimum Gasteiger partial charge on any atom is -0.261 e. The summed E-state index contributed by atoms with van der Waals surface area (Å²) < 4.78 is 0. The average molecular weight is 204 g/mol. The van der Waals surface area contributed by atoms with E-state index in [1.54, 1.807) is 0 Å². The first kappa shape index (κ1) is 9.82. The first-order chi connectivity index (χ1) is 5.72. The molecule has 1 unspecified atom stereocenters.